The summed E-state index contributed by atoms with van der Waals surface area (Å²) in [6, 6.07) is 4.56. The maximum absolute atomic E-state index is 13.2. The molecule has 3 amide bonds. The van der Waals surface area contributed by atoms with Gasteiger partial charge in [0.2, 0.25) is 17.7 Å². The van der Waals surface area contributed by atoms with Crippen molar-refractivity contribution in [3.05, 3.63) is 35.9 Å². The van der Waals surface area contributed by atoms with Crippen LogP contribution in [0.2, 0.25) is 0 Å². The number of aliphatic carboxylic acids is 1. The first-order valence-electron chi connectivity index (χ1n) is 11.5. The van der Waals surface area contributed by atoms with Gasteiger partial charge in [0.25, 0.3) is 0 Å². The molecular weight excluding hydrogens is 440 g/mol. The molecule has 6 unspecified atom stereocenters. The van der Waals surface area contributed by atoms with Crippen LogP contribution in [0.5, 0.6) is 0 Å². The number of aliphatic hydroxyl groups is 1. The third-order valence-electron chi connectivity index (χ3n) is 5.76. The van der Waals surface area contributed by atoms with Gasteiger partial charge in [0, 0.05) is 6.42 Å². The first-order valence-corrected chi connectivity index (χ1v) is 11.5. The zero-order valence-corrected chi connectivity index (χ0v) is 20.4. The van der Waals surface area contributed by atoms with E-state index in [1.807, 2.05) is 13.0 Å². The van der Waals surface area contributed by atoms with Crippen molar-refractivity contribution < 1.29 is 29.4 Å². The second kappa shape index (κ2) is 13.7. The fraction of sp³-hybridized carbons (Fsp3) is 0.583. The molecule has 0 fully saturated rings. The smallest absolute Gasteiger partial charge is 0.326 e. The third-order valence-corrected chi connectivity index (χ3v) is 5.76. The molecule has 0 radical (unpaired) electrons. The Morgan fingerprint density at radius 3 is 1.91 bits per heavy atom. The van der Waals surface area contributed by atoms with Crippen LogP contribution >= 0.6 is 0 Å². The highest BCUT2D eigenvalue weighted by molar-refractivity contribution is 5.94. The molecule has 0 saturated carbocycles. The summed E-state index contributed by atoms with van der Waals surface area (Å²) in [7, 11) is 0. The molecule has 0 saturated heterocycles. The van der Waals surface area contributed by atoms with Crippen LogP contribution < -0.4 is 21.7 Å². The molecule has 34 heavy (non-hydrogen) atoms. The van der Waals surface area contributed by atoms with E-state index in [4.69, 9.17) is 5.73 Å². The molecule has 0 heterocycles. The topological polar surface area (TPSA) is 171 Å². The van der Waals surface area contributed by atoms with Crippen molar-refractivity contribution >= 4 is 23.7 Å². The summed E-state index contributed by atoms with van der Waals surface area (Å²) in [5.41, 5.74) is 6.49. The predicted molar refractivity (Wildman–Crippen MR) is 128 cm³/mol. The Morgan fingerprint density at radius 1 is 0.882 bits per heavy atom. The largest absolute Gasteiger partial charge is 0.480 e. The summed E-state index contributed by atoms with van der Waals surface area (Å²) in [5, 5.41) is 26.8. The van der Waals surface area contributed by atoms with E-state index in [-0.39, 0.29) is 18.3 Å². The Balaban J connectivity index is 3.14. The number of hydrogen-bond donors (Lipinski definition) is 6. The Labute approximate surface area is 200 Å². The minimum absolute atomic E-state index is 0.129. The molecule has 1 rings (SSSR count). The van der Waals surface area contributed by atoms with Crippen molar-refractivity contribution in [3.8, 4) is 0 Å². The second-order valence-corrected chi connectivity index (χ2v) is 8.96. The van der Waals surface area contributed by atoms with Crippen molar-refractivity contribution in [1.29, 1.82) is 0 Å². The van der Waals surface area contributed by atoms with Gasteiger partial charge in [-0.3, -0.25) is 14.4 Å². The maximum Gasteiger partial charge on any atom is 0.326 e. The van der Waals surface area contributed by atoms with Gasteiger partial charge in [-0.15, -0.1) is 0 Å². The highest BCUT2D eigenvalue weighted by Crippen LogP contribution is 2.12. The zero-order valence-electron chi connectivity index (χ0n) is 20.4. The molecule has 1 aromatic rings. The summed E-state index contributed by atoms with van der Waals surface area (Å²) in [6.45, 7) is 8.33. The number of carboxylic acids is 1. The summed E-state index contributed by atoms with van der Waals surface area (Å²) in [6.07, 6.45) is -0.452. The van der Waals surface area contributed by atoms with Crippen LogP contribution in [0.1, 0.15) is 46.6 Å². The normalized spacial score (nSPS) is 16.5. The van der Waals surface area contributed by atoms with Crippen LogP contribution in [0.3, 0.4) is 0 Å². The summed E-state index contributed by atoms with van der Waals surface area (Å²) < 4.78 is 0. The van der Waals surface area contributed by atoms with Crippen LogP contribution in [-0.4, -0.2) is 64.2 Å². The highest BCUT2D eigenvalue weighted by atomic mass is 16.4. The van der Waals surface area contributed by atoms with Gasteiger partial charge in [-0.2, -0.15) is 0 Å². The van der Waals surface area contributed by atoms with Crippen molar-refractivity contribution in [1.82, 2.24) is 16.0 Å². The van der Waals surface area contributed by atoms with E-state index in [1.54, 1.807) is 45.0 Å². The van der Waals surface area contributed by atoms with E-state index in [1.165, 1.54) is 6.92 Å². The molecule has 0 spiro atoms. The van der Waals surface area contributed by atoms with Gasteiger partial charge in [-0.05, 0) is 24.3 Å². The number of rotatable bonds is 13. The predicted octanol–water partition coefficient (Wildman–Crippen LogP) is 0.178. The van der Waals surface area contributed by atoms with Crippen molar-refractivity contribution in [2.24, 2.45) is 17.6 Å². The Morgan fingerprint density at radius 2 is 1.44 bits per heavy atom. The van der Waals surface area contributed by atoms with E-state index in [0.29, 0.717) is 6.42 Å². The number of hydrogen-bond acceptors (Lipinski definition) is 6. The first kappa shape index (κ1) is 29.1. The molecule has 0 aromatic heterocycles. The monoisotopic (exact) mass is 478 g/mol. The lowest BCUT2D eigenvalue weighted by Gasteiger charge is -2.29. The highest BCUT2D eigenvalue weighted by Gasteiger charge is 2.34. The zero-order chi connectivity index (χ0) is 26.0. The van der Waals surface area contributed by atoms with Gasteiger partial charge in [0.1, 0.15) is 24.2 Å². The number of carbonyl (C=O) groups excluding carboxylic acids is 3. The fourth-order valence-electron chi connectivity index (χ4n) is 3.26. The number of amides is 3. The van der Waals surface area contributed by atoms with Gasteiger partial charge in [-0.1, -0.05) is 64.4 Å². The Kier molecular flexibility index (Phi) is 11.7. The molecule has 1 aromatic carbocycles. The molecule has 10 nitrogen and oxygen atoms in total. The van der Waals surface area contributed by atoms with Crippen molar-refractivity contribution in [3.63, 3.8) is 0 Å². The SMILES string of the molecule is CCC(C)C(NC(=O)C(Cc1ccccc1)NC(=O)C(N)C(C)O)C(=O)NC(C(=O)O)C(C)C. The molecule has 0 aliphatic carbocycles. The Bertz CT molecular complexity index is 830. The quantitative estimate of drug-likeness (QED) is 0.235. The molecule has 10 heteroatoms. The summed E-state index contributed by atoms with van der Waals surface area (Å²) in [5.74, 6) is -3.78. The van der Waals surface area contributed by atoms with Crippen molar-refractivity contribution in [2.45, 2.75) is 77.7 Å². The lowest BCUT2D eigenvalue weighted by atomic mass is 9.95. The van der Waals surface area contributed by atoms with Crippen LogP contribution in [0, 0.1) is 11.8 Å². The van der Waals surface area contributed by atoms with Gasteiger partial charge in [-0.25, -0.2) is 4.79 Å². The third kappa shape index (κ3) is 8.75. The number of benzene rings is 1. The van der Waals surface area contributed by atoms with Crippen LogP contribution in [0.4, 0.5) is 0 Å². The average molecular weight is 479 g/mol. The minimum Gasteiger partial charge on any atom is -0.480 e. The molecule has 0 aliphatic heterocycles. The number of nitrogens with one attached hydrogen (secondary N) is 3. The molecular formula is C24H38N4O6. The van der Waals surface area contributed by atoms with E-state index < -0.39 is 54.0 Å². The van der Waals surface area contributed by atoms with E-state index >= 15 is 0 Å². The number of carboxylic acid groups (broad SMARTS) is 1. The van der Waals surface area contributed by atoms with Crippen LogP contribution in [0.15, 0.2) is 30.3 Å². The van der Waals surface area contributed by atoms with E-state index in [2.05, 4.69) is 16.0 Å². The van der Waals surface area contributed by atoms with E-state index in [9.17, 15) is 29.4 Å². The molecule has 190 valence electrons. The lowest BCUT2D eigenvalue weighted by molar-refractivity contribution is -0.144. The number of nitrogens with two attached hydrogens (primary N) is 1. The molecule has 0 bridgehead atoms. The molecule has 6 atom stereocenters. The van der Waals surface area contributed by atoms with Crippen LogP contribution in [0.25, 0.3) is 0 Å². The summed E-state index contributed by atoms with van der Waals surface area (Å²) in [4.78, 5) is 50.2. The van der Waals surface area contributed by atoms with Gasteiger partial charge in [0.15, 0.2) is 0 Å². The first-order chi connectivity index (χ1) is 15.9. The van der Waals surface area contributed by atoms with Crippen molar-refractivity contribution in [2.75, 3.05) is 0 Å². The van der Waals surface area contributed by atoms with E-state index in [0.717, 1.165) is 5.56 Å². The lowest BCUT2D eigenvalue weighted by Crippen LogP contribution is -2.60. The molecule has 7 N–H and O–H groups in total. The summed E-state index contributed by atoms with van der Waals surface area (Å²) >= 11 is 0. The average Bonchev–Trinajstić information content (AvgIpc) is 2.79. The van der Waals surface area contributed by atoms with Gasteiger partial charge in [0.05, 0.1) is 6.10 Å². The number of aliphatic hydroxyl groups excluding tert-OH is 1. The second-order valence-electron chi connectivity index (χ2n) is 8.96. The Hall–Kier alpha value is -2.98. The minimum atomic E-state index is -1.23. The maximum atomic E-state index is 13.2. The number of carbonyl (C=O) groups is 4. The standard InChI is InChI=1S/C24H38N4O6/c1-6-14(4)20(23(32)27-19(13(2)3)24(33)34)28-21(30)17(12-16-10-8-7-9-11-16)26-22(31)18(25)15(5)29/h7-11,13-15,17-20,29H,6,12,25H2,1-5H3,(H,26,31)(H,27,32)(H,28,30)(H,33,34). The van der Waals surface area contributed by atoms with Crippen LogP contribution in [-0.2, 0) is 25.6 Å². The molecule has 0 aliphatic rings. The van der Waals surface area contributed by atoms with Gasteiger partial charge < -0.3 is 31.9 Å². The van der Waals surface area contributed by atoms with Gasteiger partial charge >= 0.3 is 5.97 Å². The fourth-order valence-corrected chi connectivity index (χ4v) is 3.26.